The lowest BCUT2D eigenvalue weighted by molar-refractivity contribution is -0.141. The van der Waals surface area contributed by atoms with E-state index in [2.05, 4.69) is 4.98 Å². The third-order valence-corrected chi connectivity index (χ3v) is 3.25. The van der Waals surface area contributed by atoms with Crippen LogP contribution in [0.4, 0.5) is 0 Å². The number of hydrogen-bond donors (Lipinski definition) is 2. The Labute approximate surface area is 98.9 Å². The molecule has 1 aromatic heterocycles. The molecule has 0 saturated carbocycles. The van der Waals surface area contributed by atoms with Crippen LogP contribution in [0.15, 0.2) is 4.79 Å². The van der Waals surface area contributed by atoms with Crippen LogP contribution < -0.4 is 5.69 Å². The van der Waals surface area contributed by atoms with E-state index in [4.69, 9.17) is 5.11 Å². The second kappa shape index (κ2) is 4.37. The number of carbonyl (C=O) groups excluding carboxylic acids is 1. The minimum Gasteiger partial charge on any atom is -0.389 e. The fraction of sp³-hybridized carbons (Fsp3) is 0.636. The zero-order chi connectivity index (χ0) is 12.6. The summed E-state index contributed by atoms with van der Waals surface area (Å²) in [7, 11) is 0. The summed E-state index contributed by atoms with van der Waals surface area (Å²) in [5.74, 6) is -0.0135. The van der Waals surface area contributed by atoms with Gasteiger partial charge in [-0.1, -0.05) is 0 Å². The van der Waals surface area contributed by atoms with Crippen molar-refractivity contribution < 1.29 is 9.90 Å². The van der Waals surface area contributed by atoms with Crippen molar-refractivity contribution in [2.45, 2.75) is 32.9 Å². The van der Waals surface area contributed by atoms with Crippen molar-refractivity contribution in [3.05, 3.63) is 21.9 Å². The summed E-state index contributed by atoms with van der Waals surface area (Å²) in [6.45, 7) is 4.91. The molecule has 0 unspecified atom stereocenters. The number of imidazole rings is 1. The van der Waals surface area contributed by atoms with E-state index in [0.29, 0.717) is 26.1 Å². The maximum atomic E-state index is 11.7. The molecule has 0 atom stereocenters. The van der Waals surface area contributed by atoms with Gasteiger partial charge in [-0.25, -0.2) is 4.79 Å². The number of nitrogens with zero attached hydrogens (tertiary/aromatic N) is 2. The molecule has 6 nitrogen and oxygen atoms in total. The smallest absolute Gasteiger partial charge is 0.325 e. The Morgan fingerprint density at radius 2 is 2.12 bits per heavy atom. The zero-order valence-corrected chi connectivity index (χ0v) is 10.1. The van der Waals surface area contributed by atoms with Gasteiger partial charge in [0.2, 0.25) is 5.91 Å². The molecule has 1 saturated heterocycles. The highest BCUT2D eigenvalue weighted by molar-refractivity contribution is 5.77. The quantitative estimate of drug-likeness (QED) is 0.738. The Morgan fingerprint density at radius 1 is 1.47 bits per heavy atom. The highest BCUT2D eigenvalue weighted by atomic mass is 16.3. The lowest BCUT2D eigenvalue weighted by atomic mass is 10.1. The summed E-state index contributed by atoms with van der Waals surface area (Å²) >= 11 is 0. The summed E-state index contributed by atoms with van der Waals surface area (Å²) in [4.78, 5) is 27.5. The first-order valence-electron chi connectivity index (χ1n) is 5.71. The Bertz CT molecular complexity index is 483. The minimum atomic E-state index is -0.377. The van der Waals surface area contributed by atoms with Crippen molar-refractivity contribution in [2.75, 3.05) is 13.1 Å². The van der Waals surface area contributed by atoms with Crippen LogP contribution in [-0.4, -0.2) is 44.7 Å². The first kappa shape index (κ1) is 11.9. The highest BCUT2D eigenvalue weighted by Crippen LogP contribution is 2.10. The first-order chi connectivity index (χ1) is 7.99. The van der Waals surface area contributed by atoms with Gasteiger partial charge in [0.25, 0.3) is 0 Å². The van der Waals surface area contributed by atoms with Gasteiger partial charge in [-0.2, -0.15) is 0 Å². The van der Waals surface area contributed by atoms with Gasteiger partial charge < -0.3 is 15.0 Å². The molecule has 0 radical (unpaired) electrons. The van der Waals surface area contributed by atoms with E-state index in [1.54, 1.807) is 9.47 Å². The SMILES string of the molecule is Cc1[nH]c(=O)n(CCC(=O)N2CC(O)C2)c1C. The standard InChI is InChI=1S/C11H17N3O3/c1-7-8(2)14(11(17)12-7)4-3-10(16)13-5-9(15)6-13/h9,15H,3-6H2,1-2H3,(H,12,17). The van der Waals surface area contributed by atoms with Gasteiger partial charge in [-0.3, -0.25) is 9.36 Å². The molecule has 17 heavy (non-hydrogen) atoms. The van der Waals surface area contributed by atoms with E-state index in [9.17, 15) is 9.59 Å². The molecule has 2 heterocycles. The number of aliphatic hydroxyl groups is 1. The molecule has 0 aliphatic carbocycles. The van der Waals surface area contributed by atoms with E-state index in [0.717, 1.165) is 11.4 Å². The number of H-pyrrole nitrogens is 1. The third kappa shape index (κ3) is 2.26. The van der Waals surface area contributed by atoms with Crippen LogP contribution in [0.5, 0.6) is 0 Å². The molecular weight excluding hydrogens is 222 g/mol. The lowest BCUT2D eigenvalue weighted by Gasteiger charge is -2.35. The molecule has 1 aromatic rings. The van der Waals surface area contributed by atoms with Gasteiger partial charge in [0, 0.05) is 37.4 Å². The topological polar surface area (TPSA) is 78.3 Å². The van der Waals surface area contributed by atoms with Crippen LogP contribution in [0.2, 0.25) is 0 Å². The monoisotopic (exact) mass is 239 g/mol. The molecule has 2 N–H and O–H groups in total. The van der Waals surface area contributed by atoms with Crippen molar-refractivity contribution in [1.29, 1.82) is 0 Å². The second-order valence-electron chi connectivity index (χ2n) is 4.49. The molecule has 94 valence electrons. The molecule has 0 aromatic carbocycles. The number of aliphatic hydroxyl groups excluding tert-OH is 1. The fourth-order valence-corrected chi connectivity index (χ4v) is 1.97. The van der Waals surface area contributed by atoms with Crippen LogP contribution in [0.25, 0.3) is 0 Å². The molecule has 0 spiro atoms. The average Bonchev–Trinajstić information content (AvgIpc) is 2.46. The predicted octanol–water partition coefficient (Wildman–Crippen LogP) is -0.614. The Kier molecular flexibility index (Phi) is 3.06. The molecule has 6 heteroatoms. The Hall–Kier alpha value is -1.56. The number of β-amino-alcohol motifs (C(OH)–C–C–N with tert-alkyl or cyclic N) is 1. The van der Waals surface area contributed by atoms with Gasteiger partial charge >= 0.3 is 5.69 Å². The molecule has 1 aliphatic rings. The van der Waals surface area contributed by atoms with E-state index in [1.807, 2.05) is 13.8 Å². The number of nitrogens with one attached hydrogen (secondary N) is 1. The molecule has 1 amide bonds. The van der Waals surface area contributed by atoms with Crippen molar-refractivity contribution in [3.8, 4) is 0 Å². The minimum absolute atomic E-state index is 0.0135. The van der Waals surface area contributed by atoms with Crippen molar-refractivity contribution in [1.82, 2.24) is 14.5 Å². The van der Waals surface area contributed by atoms with Gasteiger partial charge in [-0.15, -0.1) is 0 Å². The Balaban J connectivity index is 1.94. The summed E-state index contributed by atoms with van der Waals surface area (Å²) in [5, 5.41) is 9.09. The number of rotatable bonds is 3. The summed E-state index contributed by atoms with van der Waals surface area (Å²) < 4.78 is 1.57. The van der Waals surface area contributed by atoms with E-state index >= 15 is 0 Å². The highest BCUT2D eigenvalue weighted by Gasteiger charge is 2.28. The summed E-state index contributed by atoms with van der Waals surface area (Å²) in [6.07, 6.45) is -0.0805. The zero-order valence-electron chi connectivity index (χ0n) is 10.1. The van der Waals surface area contributed by atoms with Crippen LogP contribution in [0.1, 0.15) is 17.8 Å². The van der Waals surface area contributed by atoms with Crippen LogP contribution in [-0.2, 0) is 11.3 Å². The van der Waals surface area contributed by atoms with Gasteiger partial charge in [0.1, 0.15) is 0 Å². The van der Waals surface area contributed by atoms with Crippen molar-refractivity contribution in [2.24, 2.45) is 0 Å². The maximum Gasteiger partial charge on any atom is 0.325 e. The van der Waals surface area contributed by atoms with Crippen molar-refractivity contribution in [3.63, 3.8) is 0 Å². The number of amides is 1. The van der Waals surface area contributed by atoms with Crippen LogP contribution >= 0.6 is 0 Å². The summed E-state index contributed by atoms with van der Waals surface area (Å²) in [5.41, 5.74) is 1.53. The third-order valence-electron chi connectivity index (χ3n) is 3.25. The number of hydrogen-bond acceptors (Lipinski definition) is 3. The number of likely N-dealkylation sites (tertiary alicyclic amines) is 1. The summed E-state index contributed by atoms with van der Waals surface area (Å²) in [6, 6.07) is 0. The number of carbonyl (C=O) groups is 1. The van der Waals surface area contributed by atoms with E-state index < -0.39 is 0 Å². The molecule has 0 bridgehead atoms. The van der Waals surface area contributed by atoms with Gasteiger partial charge in [-0.05, 0) is 13.8 Å². The molecule has 1 aliphatic heterocycles. The van der Waals surface area contributed by atoms with Crippen LogP contribution in [0, 0.1) is 13.8 Å². The maximum absolute atomic E-state index is 11.7. The lowest BCUT2D eigenvalue weighted by Crippen LogP contribution is -2.53. The van der Waals surface area contributed by atoms with Gasteiger partial charge in [0.05, 0.1) is 6.10 Å². The van der Waals surface area contributed by atoms with Gasteiger partial charge in [0.15, 0.2) is 0 Å². The normalized spacial score (nSPS) is 16.1. The molecule has 1 fully saturated rings. The first-order valence-corrected chi connectivity index (χ1v) is 5.71. The molecular formula is C11H17N3O3. The fourth-order valence-electron chi connectivity index (χ4n) is 1.97. The molecule has 2 rings (SSSR count). The van der Waals surface area contributed by atoms with E-state index in [-0.39, 0.29) is 17.7 Å². The number of aromatic amines is 1. The average molecular weight is 239 g/mol. The number of aryl methyl sites for hydroxylation is 1. The predicted molar refractivity (Wildman–Crippen MR) is 61.7 cm³/mol. The van der Waals surface area contributed by atoms with Crippen LogP contribution in [0.3, 0.4) is 0 Å². The largest absolute Gasteiger partial charge is 0.389 e. The second-order valence-corrected chi connectivity index (χ2v) is 4.49. The van der Waals surface area contributed by atoms with E-state index in [1.165, 1.54) is 0 Å². The van der Waals surface area contributed by atoms with Crippen molar-refractivity contribution >= 4 is 5.91 Å². The number of aromatic nitrogens is 2. The Morgan fingerprint density at radius 3 is 2.59 bits per heavy atom.